The van der Waals surface area contributed by atoms with Crippen LogP contribution in [0, 0.1) is 0 Å². The molecule has 0 radical (unpaired) electrons. The minimum absolute atomic E-state index is 0.0983. The fraction of sp³-hybridized carbons (Fsp3) is 0.833. The Morgan fingerprint density at radius 1 is 1.38 bits per heavy atom. The van der Waals surface area contributed by atoms with Gasteiger partial charge < -0.3 is 10.4 Å². The largest absolute Gasteiger partial charge is 0.480 e. The Morgan fingerprint density at radius 2 is 2.00 bits per heavy atom. The number of nitrogens with one attached hydrogen (secondary N) is 2. The molecular formula is C6H14N2O4S. The van der Waals surface area contributed by atoms with Crippen LogP contribution in [0.25, 0.3) is 0 Å². The summed E-state index contributed by atoms with van der Waals surface area (Å²) in [7, 11) is -3.12. The van der Waals surface area contributed by atoms with Crippen molar-refractivity contribution in [3.63, 3.8) is 0 Å². The van der Waals surface area contributed by atoms with E-state index in [2.05, 4.69) is 10.0 Å². The molecule has 0 aromatic rings. The fourth-order valence-corrected chi connectivity index (χ4v) is 1.18. The van der Waals surface area contributed by atoms with Crippen molar-refractivity contribution in [2.75, 3.05) is 25.9 Å². The van der Waals surface area contributed by atoms with Crippen LogP contribution >= 0.6 is 0 Å². The van der Waals surface area contributed by atoms with E-state index >= 15 is 0 Å². The van der Waals surface area contributed by atoms with E-state index in [0.717, 1.165) is 6.26 Å². The van der Waals surface area contributed by atoms with Crippen LogP contribution in [0.5, 0.6) is 0 Å². The third-order valence-corrected chi connectivity index (χ3v) is 1.90. The molecule has 7 heteroatoms. The topological polar surface area (TPSA) is 95.5 Å². The van der Waals surface area contributed by atoms with Crippen molar-refractivity contribution in [3.8, 4) is 0 Å². The molecule has 0 heterocycles. The first-order valence-electron chi connectivity index (χ1n) is 3.79. The summed E-state index contributed by atoms with van der Waals surface area (Å²) in [5, 5.41) is 10.9. The molecule has 78 valence electrons. The van der Waals surface area contributed by atoms with Crippen LogP contribution in [0.3, 0.4) is 0 Å². The minimum Gasteiger partial charge on any atom is -0.480 e. The molecule has 0 saturated heterocycles. The number of carboxylic acid groups (broad SMARTS) is 1. The molecule has 0 bridgehead atoms. The zero-order valence-electron chi connectivity index (χ0n) is 7.41. The van der Waals surface area contributed by atoms with Gasteiger partial charge in [-0.2, -0.15) is 0 Å². The molecule has 0 aliphatic heterocycles. The van der Waals surface area contributed by atoms with Crippen LogP contribution in [-0.4, -0.2) is 45.4 Å². The number of carbonyl (C=O) groups is 1. The quantitative estimate of drug-likeness (QED) is 0.449. The second-order valence-corrected chi connectivity index (χ2v) is 4.42. The molecule has 3 N–H and O–H groups in total. The summed E-state index contributed by atoms with van der Waals surface area (Å²) in [6.45, 7) is 0.707. The molecule has 0 unspecified atom stereocenters. The predicted octanol–water partition coefficient (Wildman–Crippen LogP) is -1.40. The van der Waals surface area contributed by atoms with Crippen LogP contribution in [-0.2, 0) is 14.8 Å². The van der Waals surface area contributed by atoms with E-state index in [9.17, 15) is 13.2 Å². The standard InChI is InChI=1S/C6H14N2O4S/c1-13(11,12)8-4-2-3-7-5-6(9)10/h7-8H,2-5H2,1H3,(H,9,10). The van der Waals surface area contributed by atoms with Crippen molar-refractivity contribution in [1.82, 2.24) is 10.0 Å². The number of rotatable bonds is 7. The minimum atomic E-state index is -3.12. The predicted molar refractivity (Wildman–Crippen MR) is 48.0 cm³/mol. The first-order chi connectivity index (χ1) is 5.92. The summed E-state index contributed by atoms with van der Waals surface area (Å²) >= 11 is 0. The summed E-state index contributed by atoms with van der Waals surface area (Å²) in [5.74, 6) is -0.920. The van der Waals surface area contributed by atoms with Crippen LogP contribution in [0.4, 0.5) is 0 Å². The van der Waals surface area contributed by atoms with E-state index in [1.807, 2.05) is 0 Å². The van der Waals surface area contributed by atoms with Gasteiger partial charge in [-0.05, 0) is 13.0 Å². The van der Waals surface area contributed by atoms with Crippen molar-refractivity contribution in [2.24, 2.45) is 0 Å². The molecule has 0 aliphatic carbocycles. The van der Waals surface area contributed by atoms with Crippen molar-refractivity contribution in [1.29, 1.82) is 0 Å². The molecule has 6 nitrogen and oxygen atoms in total. The van der Waals surface area contributed by atoms with Gasteiger partial charge in [0.15, 0.2) is 0 Å². The van der Waals surface area contributed by atoms with Crippen LogP contribution < -0.4 is 10.0 Å². The Labute approximate surface area is 77.4 Å². The average Bonchev–Trinajstić information content (AvgIpc) is 1.93. The molecule has 0 atom stereocenters. The lowest BCUT2D eigenvalue weighted by molar-refractivity contribution is -0.135. The molecular weight excluding hydrogens is 196 g/mol. The van der Waals surface area contributed by atoms with Gasteiger partial charge in [0.25, 0.3) is 0 Å². The highest BCUT2D eigenvalue weighted by Crippen LogP contribution is 1.77. The maximum Gasteiger partial charge on any atom is 0.317 e. The third kappa shape index (κ3) is 11.3. The molecule has 0 aromatic carbocycles. The number of sulfonamides is 1. The molecule has 0 amide bonds. The average molecular weight is 210 g/mol. The number of hydrogen-bond donors (Lipinski definition) is 3. The lowest BCUT2D eigenvalue weighted by Crippen LogP contribution is -2.28. The van der Waals surface area contributed by atoms with Gasteiger partial charge in [-0.25, -0.2) is 13.1 Å². The van der Waals surface area contributed by atoms with E-state index in [1.54, 1.807) is 0 Å². The smallest absolute Gasteiger partial charge is 0.317 e. The Morgan fingerprint density at radius 3 is 2.46 bits per heavy atom. The van der Waals surface area contributed by atoms with Gasteiger partial charge in [0, 0.05) is 6.54 Å². The number of carboxylic acids is 1. The highest BCUT2D eigenvalue weighted by atomic mass is 32.2. The van der Waals surface area contributed by atoms with Crippen molar-refractivity contribution in [3.05, 3.63) is 0 Å². The first kappa shape index (κ1) is 12.3. The van der Waals surface area contributed by atoms with Crippen molar-refractivity contribution in [2.45, 2.75) is 6.42 Å². The number of aliphatic carboxylic acids is 1. The van der Waals surface area contributed by atoms with E-state index in [4.69, 9.17) is 5.11 Å². The third-order valence-electron chi connectivity index (χ3n) is 1.17. The van der Waals surface area contributed by atoms with Crippen molar-refractivity contribution >= 4 is 16.0 Å². The monoisotopic (exact) mass is 210 g/mol. The molecule has 0 fully saturated rings. The van der Waals surface area contributed by atoms with Crippen LogP contribution in [0.15, 0.2) is 0 Å². The zero-order valence-corrected chi connectivity index (χ0v) is 8.23. The molecule has 0 aliphatic rings. The van der Waals surface area contributed by atoms with Gasteiger partial charge in [0.05, 0.1) is 12.8 Å². The van der Waals surface area contributed by atoms with E-state index in [0.29, 0.717) is 19.5 Å². The maximum absolute atomic E-state index is 10.5. The zero-order chi connectivity index (χ0) is 10.3. The lowest BCUT2D eigenvalue weighted by Gasteiger charge is -2.02. The van der Waals surface area contributed by atoms with Crippen LogP contribution in [0.2, 0.25) is 0 Å². The Balaban J connectivity index is 3.23. The Kier molecular flexibility index (Phi) is 5.60. The first-order valence-corrected chi connectivity index (χ1v) is 5.68. The van der Waals surface area contributed by atoms with Gasteiger partial charge in [0.1, 0.15) is 0 Å². The summed E-state index contributed by atoms with van der Waals surface area (Å²) in [6.07, 6.45) is 1.65. The second-order valence-electron chi connectivity index (χ2n) is 2.59. The Bertz CT molecular complexity index is 249. The van der Waals surface area contributed by atoms with Crippen molar-refractivity contribution < 1.29 is 18.3 Å². The van der Waals surface area contributed by atoms with Gasteiger partial charge >= 0.3 is 5.97 Å². The second kappa shape index (κ2) is 5.90. The van der Waals surface area contributed by atoms with E-state index < -0.39 is 16.0 Å². The van der Waals surface area contributed by atoms with Gasteiger partial charge in [-0.1, -0.05) is 0 Å². The summed E-state index contributed by atoms with van der Waals surface area (Å²) < 4.78 is 23.4. The fourth-order valence-electron chi connectivity index (χ4n) is 0.666. The summed E-state index contributed by atoms with van der Waals surface area (Å²) in [5.41, 5.74) is 0. The van der Waals surface area contributed by atoms with Gasteiger partial charge in [-0.3, -0.25) is 4.79 Å². The summed E-state index contributed by atoms with van der Waals surface area (Å²) in [4.78, 5) is 10.0. The Hall–Kier alpha value is -0.660. The molecule has 0 saturated carbocycles. The molecule has 13 heavy (non-hydrogen) atoms. The SMILES string of the molecule is CS(=O)(=O)NCCCNCC(=O)O. The van der Waals surface area contributed by atoms with E-state index in [-0.39, 0.29) is 6.54 Å². The maximum atomic E-state index is 10.5. The summed E-state index contributed by atoms with van der Waals surface area (Å²) in [6, 6.07) is 0. The highest BCUT2D eigenvalue weighted by molar-refractivity contribution is 7.88. The molecule has 0 spiro atoms. The van der Waals surface area contributed by atoms with Gasteiger partial charge in [-0.15, -0.1) is 0 Å². The van der Waals surface area contributed by atoms with Crippen LogP contribution in [0.1, 0.15) is 6.42 Å². The number of hydrogen-bond acceptors (Lipinski definition) is 4. The van der Waals surface area contributed by atoms with E-state index in [1.165, 1.54) is 0 Å². The van der Waals surface area contributed by atoms with Gasteiger partial charge in [0.2, 0.25) is 10.0 Å². The molecule has 0 rings (SSSR count). The highest BCUT2D eigenvalue weighted by Gasteiger charge is 1.98. The molecule has 0 aromatic heterocycles. The normalized spacial score (nSPS) is 11.5. The lowest BCUT2D eigenvalue weighted by atomic mass is 10.4.